The predicted octanol–water partition coefficient (Wildman–Crippen LogP) is 4.00. The number of benzene rings is 1. The summed E-state index contributed by atoms with van der Waals surface area (Å²) >= 11 is 0. The van der Waals surface area contributed by atoms with Crippen LogP contribution < -0.4 is 5.56 Å². The summed E-state index contributed by atoms with van der Waals surface area (Å²) in [4.78, 5) is 17.8. The lowest BCUT2D eigenvalue weighted by Crippen LogP contribution is -2.49. The van der Waals surface area contributed by atoms with Crippen LogP contribution in [0.1, 0.15) is 49.8 Å². The first-order valence-corrected chi connectivity index (χ1v) is 9.64. The van der Waals surface area contributed by atoms with Gasteiger partial charge in [0.1, 0.15) is 5.82 Å². The highest BCUT2D eigenvalue weighted by Crippen LogP contribution is 2.57. The second-order valence-electron chi connectivity index (χ2n) is 8.67. The van der Waals surface area contributed by atoms with Crippen molar-refractivity contribution in [2.24, 2.45) is 22.7 Å². The fourth-order valence-corrected chi connectivity index (χ4v) is 5.91. The molecule has 0 amide bonds. The number of rotatable bonds is 3. The van der Waals surface area contributed by atoms with Crippen molar-refractivity contribution in [3.63, 3.8) is 0 Å². The number of nitrogens with zero attached hydrogens (tertiary/aromatic N) is 2. The molecule has 4 nitrogen and oxygen atoms in total. The van der Waals surface area contributed by atoms with Gasteiger partial charge in [-0.1, -0.05) is 0 Å². The van der Waals surface area contributed by atoms with Crippen LogP contribution in [-0.4, -0.2) is 21.5 Å². The van der Waals surface area contributed by atoms with E-state index in [4.69, 9.17) is 4.99 Å². The Morgan fingerprint density at radius 3 is 2.27 bits per heavy atom. The summed E-state index contributed by atoms with van der Waals surface area (Å²) in [6.07, 6.45) is 9.52. The molecule has 136 valence electrons. The van der Waals surface area contributed by atoms with Gasteiger partial charge in [-0.3, -0.25) is 14.9 Å². The Labute approximate surface area is 152 Å². The molecule has 0 atom stereocenters. The van der Waals surface area contributed by atoms with Crippen LogP contribution >= 0.6 is 0 Å². The molecular weight excluding hydrogens is 329 g/mol. The quantitative estimate of drug-likeness (QED) is 0.833. The van der Waals surface area contributed by atoms with Crippen LogP contribution in [0, 0.1) is 30.5 Å². The zero-order valence-corrected chi connectivity index (χ0v) is 15.0. The molecule has 5 heteroatoms. The molecular formula is C21H24FN3O. The highest BCUT2D eigenvalue weighted by Gasteiger charge is 2.50. The van der Waals surface area contributed by atoms with Gasteiger partial charge < -0.3 is 0 Å². The normalized spacial score (nSPS) is 32.6. The number of aromatic amines is 1. The molecule has 26 heavy (non-hydrogen) atoms. The molecule has 0 unspecified atom stereocenters. The van der Waals surface area contributed by atoms with Crippen LogP contribution in [0.3, 0.4) is 0 Å². The molecule has 1 aromatic carbocycles. The van der Waals surface area contributed by atoms with Crippen molar-refractivity contribution in [1.29, 1.82) is 0 Å². The minimum absolute atomic E-state index is 0.0611. The van der Waals surface area contributed by atoms with Crippen molar-refractivity contribution < 1.29 is 4.39 Å². The number of hydrogen-bond acceptors (Lipinski definition) is 2. The molecule has 4 saturated carbocycles. The van der Waals surface area contributed by atoms with E-state index in [1.165, 1.54) is 55.3 Å². The van der Waals surface area contributed by atoms with Crippen molar-refractivity contribution in [2.75, 3.05) is 0 Å². The predicted molar refractivity (Wildman–Crippen MR) is 99.6 cm³/mol. The lowest BCUT2D eigenvalue weighted by molar-refractivity contribution is 0.00194. The third-order valence-electron chi connectivity index (χ3n) is 6.68. The molecule has 2 aromatic rings. The standard InChI is InChI=1S/C21H24FN3O/c1-13-19(20(26)25(24-13)18-4-2-17(22)3-5-18)12-23-21-9-14-6-15(10-21)8-16(7-14)11-21/h2-5,12,14-16,24H,6-11H2,1H3. The zero-order valence-electron chi connectivity index (χ0n) is 15.0. The van der Waals surface area contributed by atoms with Crippen molar-refractivity contribution >= 4 is 6.21 Å². The second-order valence-corrected chi connectivity index (χ2v) is 8.67. The monoisotopic (exact) mass is 353 g/mol. The van der Waals surface area contributed by atoms with Gasteiger partial charge in [-0.25, -0.2) is 9.07 Å². The Hall–Kier alpha value is -2.17. The van der Waals surface area contributed by atoms with E-state index in [1.807, 2.05) is 6.92 Å². The topological polar surface area (TPSA) is 50.1 Å². The summed E-state index contributed by atoms with van der Waals surface area (Å²) in [5, 5.41) is 3.10. The molecule has 0 aliphatic heterocycles. The highest BCUT2D eigenvalue weighted by atomic mass is 19.1. The first-order chi connectivity index (χ1) is 12.5. The minimum Gasteiger partial charge on any atom is -0.295 e. The third-order valence-corrected chi connectivity index (χ3v) is 6.68. The summed E-state index contributed by atoms with van der Waals surface area (Å²) in [5.74, 6) is 2.19. The lowest BCUT2D eigenvalue weighted by atomic mass is 9.53. The summed E-state index contributed by atoms with van der Waals surface area (Å²) in [6, 6.07) is 5.93. The second kappa shape index (κ2) is 5.66. The number of nitrogens with one attached hydrogen (secondary N) is 1. The Kier molecular flexibility index (Phi) is 3.49. The molecule has 1 N–H and O–H groups in total. The Bertz CT molecular complexity index is 886. The summed E-state index contributed by atoms with van der Waals surface area (Å²) < 4.78 is 14.6. The fraction of sp³-hybridized carbons (Fsp3) is 0.524. The Morgan fingerprint density at radius 1 is 1.12 bits per heavy atom. The SMILES string of the molecule is Cc1[nH]n(-c2ccc(F)cc2)c(=O)c1C=NC12CC3CC(CC(C3)C1)C2. The number of hydrogen-bond donors (Lipinski definition) is 1. The van der Waals surface area contributed by atoms with Crippen molar-refractivity contribution in [3.05, 3.63) is 51.7 Å². The van der Waals surface area contributed by atoms with E-state index in [2.05, 4.69) is 5.10 Å². The molecule has 4 aliphatic carbocycles. The number of halogens is 1. The van der Waals surface area contributed by atoms with E-state index in [-0.39, 0.29) is 16.9 Å². The van der Waals surface area contributed by atoms with Gasteiger partial charge in [0, 0.05) is 11.9 Å². The van der Waals surface area contributed by atoms with E-state index in [9.17, 15) is 9.18 Å². The number of H-pyrrole nitrogens is 1. The van der Waals surface area contributed by atoms with Gasteiger partial charge >= 0.3 is 0 Å². The van der Waals surface area contributed by atoms with Gasteiger partial charge in [0.25, 0.3) is 5.56 Å². The maximum absolute atomic E-state index is 13.1. The smallest absolute Gasteiger partial charge is 0.280 e. The number of aryl methyl sites for hydroxylation is 1. The summed E-state index contributed by atoms with van der Waals surface area (Å²) in [7, 11) is 0. The van der Waals surface area contributed by atoms with Crippen LogP contribution in [-0.2, 0) is 0 Å². The van der Waals surface area contributed by atoms with E-state index < -0.39 is 0 Å². The van der Waals surface area contributed by atoms with E-state index in [1.54, 1.807) is 18.3 Å². The Balaban J connectivity index is 1.47. The van der Waals surface area contributed by atoms with Gasteiger partial charge in [-0.05, 0) is 87.5 Å². The van der Waals surface area contributed by atoms with Gasteiger partial charge in [0.15, 0.2) is 0 Å². The fourth-order valence-electron chi connectivity index (χ4n) is 5.91. The van der Waals surface area contributed by atoms with E-state index in [0.29, 0.717) is 11.3 Å². The van der Waals surface area contributed by atoms with Crippen LogP contribution in [0.2, 0.25) is 0 Å². The highest BCUT2D eigenvalue weighted by molar-refractivity contribution is 5.81. The third kappa shape index (κ3) is 2.56. The van der Waals surface area contributed by atoms with Crippen molar-refractivity contribution in [3.8, 4) is 5.69 Å². The summed E-state index contributed by atoms with van der Waals surface area (Å²) in [5.41, 5.74) is 1.99. The molecule has 4 fully saturated rings. The molecule has 6 rings (SSSR count). The van der Waals surface area contributed by atoms with E-state index in [0.717, 1.165) is 23.4 Å². The number of aliphatic imine (C=N–C) groups is 1. The largest absolute Gasteiger partial charge is 0.295 e. The van der Waals surface area contributed by atoms with Crippen LogP contribution in [0.15, 0.2) is 34.1 Å². The average molecular weight is 353 g/mol. The number of aromatic nitrogens is 2. The molecule has 0 radical (unpaired) electrons. The van der Waals surface area contributed by atoms with Gasteiger partial charge in [-0.15, -0.1) is 0 Å². The first-order valence-electron chi connectivity index (χ1n) is 9.64. The minimum atomic E-state index is -0.311. The molecule has 4 aliphatic rings. The van der Waals surface area contributed by atoms with Gasteiger partial charge in [0.2, 0.25) is 0 Å². The molecule has 1 aromatic heterocycles. The zero-order chi connectivity index (χ0) is 17.9. The molecule has 0 spiro atoms. The molecule has 1 heterocycles. The van der Waals surface area contributed by atoms with Crippen molar-refractivity contribution in [1.82, 2.24) is 9.78 Å². The average Bonchev–Trinajstić information content (AvgIpc) is 2.87. The maximum atomic E-state index is 13.1. The first kappa shape index (κ1) is 16.0. The lowest BCUT2D eigenvalue weighted by Gasteiger charge is -2.54. The Morgan fingerprint density at radius 2 is 1.69 bits per heavy atom. The van der Waals surface area contributed by atoms with Crippen LogP contribution in [0.4, 0.5) is 4.39 Å². The maximum Gasteiger partial charge on any atom is 0.280 e. The van der Waals surface area contributed by atoms with E-state index >= 15 is 0 Å². The van der Waals surface area contributed by atoms with Gasteiger partial charge in [-0.2, -0.15) is 0 Å². The van der Waals surface area contributed by atoms with Gasteiger partial charge in [0.05, 0.1) is 16.8 Å². The molecule has 0 saturated heterocycles. The van der Waals surface area contributed by atoms with Crippen LogP contribution in [0.5, 0.6) is 0 Å². The van der Waals surface area contributed by atoms with Crippen molar-refractivity contribution in [2.45, 2.75) is 51.0 Å². The van der Waals surface area contributed by atoms with Crippen LogP contribution in [0.25, 0.3) is 5.69 Å². The summed E-state index contributed by atoms with van der Waals surface area (Å²) in [6.45, 7) is 1.89. The molecule has 4 bridgehead atoms.